The lowest BCUT2D eigenvalue weighted by molar-refractivity contribution is -0.133. The van der Waals surface area contributed by atoms with Gasteiger partial charge < -0.3 is 14.8 Å². The first-order chi connectivity index (χ1) is 9.99. The molecular formula is C15H14N2O4. The fraction of sp³-hybridized carbons (Fsp3) is 0.133. The molecule has 1 aromatic carbocycles. The summed E-state index contributed by atoms with van der Waals surface area (Å²) < 4.78 is 5.19. The Labute approximate surface area is 121 Å². The second kappa shape index (κ2) is 6.04. The number of hydrogen-bond acceptors (Lipinski definition) is 4. The molecule has 2 rings (SSSR count). The van der Waals surface area contributed by atoms with Gasteiger partial charge in [0.25, 0.3) is 5.91 Å². The molecular weight excluding hydrogens is 272 g/mol. The molecule has 0 saturated carbocycles. The molecule has 6 nitrogen and oxygen atoms in total. The van der Waals surface area contributed by atoms with Gasteiger partial charge in [0.1, 0.15) is 0 Å². The highest BCUT2D eigenvalue weighted by Crippen LogP contribution is 2.22. The summed E-state index contributed by atoms with van der Waals surface area (Å²) in [5, 5.41) is 11.5. The number of carboxylic acids is 1. The predicted molar refractivity (Wildman–Crippen MR) is 76.6 cm³/mol. The number of rotatable bonds is 4. The summed E-state index contributed by atoms with van der Waals surface area (Å²) in [5.74, 6) is -0.984. The summed E-state index contributed by atoms with van der Waals surface area (Å²) in [5.41, 5.74) is 1.49. The molecule has 21 heavy (non-hydrogen) atoms. The molecule has 2 aromatic rings. The highest BCUT2D eigenvalue weighted by molar-refractivity contribution is 6.08. The van der Waals surface area contributed by atoms with Gasteiger partial charge in [-0.15, -0.1) is 0 Å². The summed E-state index contributed by atoms with van der Waals surface area (Å²) in [7, 11) is 0. The fourth-order valence-electron chi connectivity index (χ4n) is 1.66. The van der Waals surface area contributed by atoms with Crippen molar-refractivity contribution < 1.29 is 19.1 Å². The van der Waals surface area contributed by atoms with Crippen LogP contribution in [0.3, 0.4) is 0 Å². The minimum atomic E-state index is -1.11. The molecule has 0 aliphatic carbocycles. The van der Waals surface area contributed by atoms with Crippen molar-refractivity contribution in [1.82, 2.24) is 4.98 Å². The summed E-state index contributed by atoms with van der Waals surface area (Å²) >= 11 is 0. The zero-order valence-electron chi connectivity index (χ0n) is 11.6. The monoisotopic (exact) mass is 286 g/mol. The van der Waals surface area contributed by atoms with Gasteiger partial charge in [-0.25, -0.2) is 9.78 Å². The molecule has 0 spiro atoms. The average Bonchev–Trinajstić information content (AvgIpc) is 3.00. The summed E-state index contributed by atoms with van der Waals surface area (Å²) in [6.45, 7) is 2.86. The van der Waals surface area contributed by atoms with E-state index in [1.807, 2.05) is 6.07 Å². The standard InChI is InChI=1S/C15H14N2O4/c1-9(10(2)15(19)20)14(18)17-12-5-3-4-11(6-12)13-7-16-8-21-13/h3-8H,1-2H3,(H,17,18)(H,19,20). The maximum absolute atomic E-state index is 12.0. The van der Waals surface area contributed by atoms with Crippen molar-refractivity contribution in [2.75, 3.05) is 5.32 Å². The van der Waals surface area contributed by atoms with Crippen LogP contribution in [0.15, 0.2) is 52.4 Å². The van der Waals surface area contributed by atoms with Crippen LogP contribution in [0.5, 0.6) is 0 Å². The second-order valence-corrected chi connectivity index (χ2v) is 4.46. The smallest absolute Gasteiger partial charge is 0.331 e. The van der Waals surface area contributed by atoms with E-state index in [1.165, 1.54) is 20.2 Å². The number of nitrogens with zero attached hydrogens (tertiary/aromatic N) is 1. The Bertz CT molecular complexity index is 702. The largest absolute Gasteiger partial charge is 0.478 e. The highest BCUT2D eigenvalue weighted by Gasteiger charge is 2.13. The van der Waals surface area contributed by atoms with Gasteiger partial charge in [0, 0.05) is 22.4 Å². The maximum Gasteiger partial charge on any atom is 0.331 e. The lowest BCUT2D eigenvalue weighted by Gasteiger charge is -2.08. The number of carboxylic acid groups (broad SMARTS) is 1. The quantitative estimate of drug-likeness (QED) is 0.843. The van der Waals surface area contributed by atoms with Crippen LogP contribution in [0.1, 0.15) is 13.8 Å². The zero-order valence-corrected chi connectivity index (χ0v) is 11.6. The van der Waals surface area contributed by atoms with Crippen molar-refractivity contribution in [2.24, 2.45) is 0 Å². The van der Waals surface area contributed by atoms with Crippen molar-refractivity contribution in [1.29, 1.82) is 0 Å². The number of aromatic nitrogens is 1. The van der Waals surface area contributed by atoms with Crippen molar-refractivity contribution in [3.63, 3.8) is 0 Å². The molecule has 0 radical (unpaired) electrons. The lowest BCUT2D eigenvalue weighted by Crippen LogP contribution is -2.16. The zero-order chi connectivity index (χ0) is 15.4. The van der Waals surface area contributed by atoms with Gasteiger partial charge in [0.2, 0.25) is 0 Å². The van der Waals surface area contributed by atoms with Crippen molar-refractivity contribution in [3.8, 4) is 11.3 Å². The highest BCUT2D eigenvalue weighted by atomic mass is 16.4. The minimum Gasteiger partial charge on any atom is -0.478 e. The molecule has 1 heterocycles. The minimum absolute atomic E-state index is 0.0129. The van der Waals surface area contributed by atoms with Crippen LogP contribution in [-0.4, -0.2) is 22.0 Å². The van der Waals surface area contributed by atoms with Gasteiger partial charge in [0.05, 0.1) is 6.20 Å². The van der Waals surface area contributed by atoms with Crippen molar-refractivity contribution in [2.45, 2.75) is 13.8 Å². The van der Waals surface area contributed by atoms with E-state index in [2.05, 4.69) is 10.3 Å². The molecule has 6 heteroatoms. The van der Waals surface area contributed by atoms with Crippen LogP contribution in [-0.2, 0) is 9.59 Å². The number of hydrogen-bond donors (Lipinski definition) is 2. The Hall–Kier alpha value is -2.89. The third-order valence-corrected chi connectivity index (χ3v) is 3.06. The van der Waals surface area contributed by atoms with Gasteiger partial charge in [-0.3, -0.25) is 4.79 Å². The van der Waals surface area contributed by atoms with Gasteiger partial charge in [-0.1, -0.05) is 12.1 Å². The van der Waals surface area contributed by atoms with Gasteiger partial charge >= 0.3 is 5.97 Å². The lowest BCUT2D eigenvalue weighted by atomic mass is 10.1. The second-order valence-electron chi connectivity index (χ2n) is 4.46. The van der Waals surface area contributed by atoms with E-state index < -0.39 is 11.9 Å². The molecule has 0 fully saturated rings. The third-order valence-electron chi connectivity index (χ3n) is 3.06. The van der Waals surface area contributed by atoms with Crippen LogP contribution in [0, 0.1) is 0 Å². The number of anilines is 1. The van der Waals surface area contributed by atoms with Crippen LogP contribution >= 0.6 is 0 Å². The Morgan fingerprint density at radius 2 is 2.00 bits per heavy atom. The normalized spacial score (nSPS) is 11.7. The number of amides is 1. The van der Waals surface area contributed by atoms with Crippen LogP contribution in [0.2, 0.25) is 0 Å². The van der Waals surface area contributed by atoms with E-state index in [1.54, 1.807) is 24.4 Å². The van der Waals surface area contributed by atoms with E-state index >= 15 is 0 Å². The van der Waals surface area contributed by atoms with Gasteiger partial charge in [-0.2, -0.15) is 0 Å². The summed E-state index contributed by atoms with van der Waals surface area (Å²) in [6, 6.07) is 7.01. The van der Waals surface area contributed by atoms with Crippen molar-refractivity contribution >= 4 is 17.6 Å². The number of aliphatic carboxylic acids is 1. The van der Waals surface area contributed by atoms with Crippen LogP contribution in [0.4, 0.5) is 5.69 Å². The number of oxazole rings is 1. The Morgan fingerprint density at radius 1 is 1.24 bits per heavy atom. The first kappa shape index (κ1) is 14.5. The Morgan fingerprint density at radius 3 is 2.62 bits per heavy atom. The predicted octanol–water partition coefficient (Wildman–Crippen LogP) is 2.70. The molecule has 1 aromatic heterocycles. The summed E-state index contributed by atoms with van der Waals surface area (Å²) in [6.07, 6.45) is 2.89. The molecule has 0 atom stereocenters. The van der Waals surface area contributed by atoms with E-state index in [4.69, 9.17) is 9.52 Å². The van der Waals surface area contributed by atoms with Gasteiger partial charge in [-0.05, 0) is 26.0 Å². The molecule has 1 amide bonds. The van der Waals surface area contributed by atoms with E-state index in [0.29, 0.717) is 11.4 Å². The SMILES string of the molecule is CC(C(=O)O)=C(C)C(=O)Nc1cccc(-c2cnco2)c1. The molecule has 0 saturated heterocycles. The first-order valence-corrected chi connectivity index (χ1v) is 6.20. The van der Waals surface area contributed by atoms with Gasteiger partial charge in [0.15, 0.2) is 12.2 Å². The molecule has 0 aliphatic rings. The third kappa shape index (κ3) is 3.36. The van der Waals surface area contributed by atoms with E-state index in [0.717, 1.165) is 5.56 Å². The molecule has 0 unspecified atom stereocenters. The average molecular weight is 286 g/mol. The maximum atomic E-state index is 12.0. The van der Waals surface area contributed by atoms with Crippen LogP contribution in [0.25, 0.3) is 11.3 Å². The number of benzene rings is 1. The first-order valence-electron chi connectivity index (χ1n) is 6.20. The Kier molecular flexibility index (Phi) is 4.18. The molecule has 0 bridgehead atoms. The molecule has 0 aliphatic heterocycles. The van der Waals surface area contributed by atoms with Crippen molar-refractivity contribution in [3.05, 3.63) is 48.0 Å². The number of carbonyl (C=O) groups is 2. The Balaban J connectivity index is 2.21. The van der Waals surface area contributed by atoms with E-state index in [-0.39, 0.29) is 11.1 Å². The fourth-order valence-corrected chi connectivity index (χ4v) is 1.66. The number of carbonyl (C=O) groups excluding carboxylic acids is 1. The summed E-state index contributed by atoms with van der Waals surface area (Å²) in [4.78, 5) is 26.7. The van der Waals surface area contributed by atoms with Crippen LogP contribution < -0.4 is 5.32 Å². The number of nitrogens with one attached hydrogen (secondary N) is 1. The topological polar surface area (TPSA) is 92.4 Å². The molecule has 2 N–H and O–H groups in total. The molecule has 108 valence electrons. The van der Waals surface area contributed by atoms with E-state index in [9.17, 15) is 9.59 Å².